The van der Waals surface area contributed by atoms with Gasteiger partial charge in [0.05, 0.1) is 5.56 Å². The monoisotopic (exact) mass is 248 g/mol. The first-order valence-corrected chi connectivity index (χ1v) is 6.08. The highest BCUT2D eigenvalue weighted by Gasteiger charge is 2.19. The predicted octanol–water partition coefficient (Wildman–Crippen LogP) is 4.16. The molecule has 2 heteroatoms. The largest absolute Gasteiger partial charge is 0.478 e. The van der Waals surface area contributed by atoms with Crippen LogP contribution in [0, 0.1) is 0 Å². The number of carboxylic acids is 1. The molecule has 0 aromatic heterocycles. The summed E-state index contributed by atoms with van der Waals surface area (Å²) in [7, 11) is 0. The smallest absolute Gasteiger partial charge is 0.336 e. The van der Waals surface area contributed by atoms with E-state index < -0.39 is 5.97 Å². The molecular weight excluding hydrogens is 236 g/mol. The second-order valence-corrected chi connectivity index (χ2v) is 4.38. The van der Waals surface area contributed by atoms with E-state index in [1.54, 1.807) is 6.07 Å². The number of hydrogen-bond acceptors (Lipinski definition) is 1. The van der Waals surface area contributed by atoms with Crippen LogP contribution in [0.2, 0.25) is 0 Å². The molecule has 0 unspecified atom stereocenters. The van der Waals surface area contributed by atoms with E-state index in [2.05, 4.69) is 0 Å². The lowest BCUT2D eigenvalue weighted by molar-refractivity contribution is 0.0698. The van der Waals surface area contributed by atoms with Crippen LogP contribution in [0.5, 0.6) is 0 Å². The van der Waals surface area contributed by atoms with Crippen molar-refractivity contribution in [2.45, 2.75) is 0 Å². The highest BCUT2D eigenvalue weighted by molar-refractivity contribution is 6.03. The summed E-state index contributed by atoms with van der Waals surface area (Å²) in [5.74, 6) is -0.890. The summed E-state index contributed by atoms with van der Waals surface area (Å²) < 4.78 is 0. The summed E-state index contributed by atoms with van der Waals surface area (Å²) in [6.45, 7) is 0. The van der Waals surface area contributed by atoms with E-state index in [0.29, 0.717) is 5.56 Å². The number of rotatable bonds is 2. The lowest BCUT2D eigenvalue weighted by Gasteiger charge is -2.01. The Morgan fingerprint density at radius 1 is 0.737 bits per heavy atom. The Balaban J connectivity index is 2.31. The van der Waals surface area contributed by atoms with Crippen molar-refractivity contribution in [3.63, 3.8) is 0 Å². The van der Waals surface area contributed by atoms with Crippen LogP contribution in [-0.2, 0) is 0 Å². The Morgan fingerprint density at radius 2 is 1.32 bits per heavy atom. The molecule has 1 N–H and O–H groups in total. The molecule has 0 saturated carbocycles. The molecule has 1 aromatic rings. The van der Waals surface area contributed by atoms with Gasteiger partial charge in [-0.3, -0.25) is 0 Å². The first-order chi connectivity index (χ1) is 9.27. The van der Waals surface area contributed by atoms with Crippen molar-refractivity contribution in [1.29, 1.82) is 0 Å². The standard InChI is InChI=1S/C17H12O2/c18-17(19)16-11-15(12-7-3-1-4-8-12)13-9-5-2-6-10-14(13)16/h1-11H,(H,18,19). The zero-order chi connectivity index (χ0) is 13.2. The molecule has 0 saturated heterocycles. The maximum absolute atomic E-state index is 11.4. The number of hydrogen-bond donors (Lipinski definition) is 1. The van der Waals surface area contributed by atoms with Crippen molar-refractivity contribution in [2.75, 3.05) is 0 Å². The predicted molar refractivity (Wildman–Crippen MR) is 75.5 cm³/mol. The normalized spacial score (nSPS) is 10.5. The molecule has 0 spiro atoms. The Labute approximate surface area is 111 Å². The highest BCUT2D eigenvalue weighted by Crippen LogP contribution is 2.38. The molecule has 92 valence electrons. The molecule has 0 radical (unpaired) electrons. The van der Waals surface area contributed by atoms with Crippen LogP contribution in [0.4, 0.5) is 0 Å². The average molecular weight is 248 g/mol. The number of fused-ring (bicyclic) bond motifs is 1. The maximum atomic E-state index is 11.4. The third-order valence-corrected chi connectivity index (χ3v) is 3.22. The van der Waals surface area contributed by atoms with Gasteiger partial charge < -0.3 is 5.11 Å². The van der Waals surface area contributed by atoms with Crippen LogP contribution < -0.4 is 0 Å². The molecule has 2 nitrogen and oxygen atoms in total. The van der Waals surface area contributed by atoms with Crippen LogP contribution in [0.15, 0.2) is 66.7 Å². The zero-order valence-electron chi connectivity index (χ0n) is 10.2. The molecule has 19 heavy (non-hydrogen) atoms. The number of aromatic carboxylic acids is 1. The lowest BCUT2D eigenvalue weighted by atomic mass is 10.0. The zero-order valence-corrected chi connectivity index (χ0v) is 10.2. The van der Waals surface area contributed by atoms with Gasteiger partial charge in [0, 0.05) is 0 Å². The fraction of sp³-hybridized carbons (Fsp3) is 0. The minimum absolute atomic E-state index is 0.352. The minimum atomic E-state index is -0.890. The van der Waals surface area contributed by atoms with Crippen molar-refractivity contribution in [3.8, 4) is 22.3 Å². The molecule has 2 aliphatic rings. The van der Waals surface area contributed by atoms with Crippen molar-refractivity contribution in [1.82, 2.24) is 0 Å². The van der Waals surface area contributed by atoms with Gasteiger partial charge in [0.15, 0.2) is 0 Å². The Bertz CT molecular complexity index is 702. The molecule has 3 rings (SSSR count). The summed E-state index contributed by atoms with van der Waals surface area (Å²) in [4.78, 5) is 11.4. The van der Waals surface area contributed by atoms with Gasteiger partial charge in [-0.1, -0.05) is 60.7 Å². The summed E-state index contributed by atoms with van der Waals surface area (Å²) in [5.41, 5.74) is 4.09. The molecule has 0 aliphatic heterocycles. The first-order valence-electron chi connectivity index (χ1n) is 6.08. The SMILES string of the molecule is O=C(O)c1cc(-c2ccccc2)c2cccccc1-2. The van der Waals surface area contributed by atoms with Gasteiger partial charge in [0.1, 0.15) is 0 Å². The fourth-order valence-corrected chi connectivity index (χ4v) is 2.35. The molecule has 0 fully saturated rings. The molecular formula is C17H12O2. The summed E-state index contributed by atoms with van der Waals surface area (Å²) in [5, 5.41) is 9.32. The van der Waals surface area contributed by atoms with E-state index in [1.165, 1.54) is 0 Å². The number of benzene rings is 1. The van der Waals surface area contributed by atoms with E-state index >= 15 is 0 Å². The van der Waals surface area contributed by atoms with Crippen molar-refractivity contribution in [2.24, 2.45) is 0 Å². The van der Waals surface area contributed by atoms with Gasteiger partial charge in [-0.2, -0.15) is 0 Å². The molecule has 0 bridgehead atoms. The van der Waals surface area contributed by atoms with Gasteiger partial charge >= 0.3 is 5.97 Å². The van der Waals surface area contributed by atoms with Crippen LogP contribution in [0.3, 0.4) is 0 Å². The maximum Gasteiger partial charge on any atom is 0.336 e. The summed E-state index contributed by atoms with van der Waals surface area (Å²) >= 11 is 0. The van der Waals surface area contributed by atoms with E-state index in [0.717, 1.165) is 22.3 Å². The lowest BCUT2D eigenvalue weighted by Crippen LogP contribution is -1.94. The van der Waals surface area contributed by atoms with Gasteiger partial charge in [-0.15, -0.1) is 0 Å². The van der Waals surface area contributed by atoms with Crippen LogP contribution >= 0.6 is 0 Å². The second-order valence-electron chi connectivity index (χ2n) is 4.38. The molecule has 0 heterocycles. The summed E-state index contributed by atoms with van der Waals surface area (Å²) in [6, 6.07) is 21.1. The van der Waals surface area contributed by atoms with Gasteiger partial charge in [-0.25, -0.2) is 4.79 Å². The van der Waals surface area contributed by atoms with Crippen molar-refractivity contribution >= 4 is 5.97 Å². The van der Waals surface area contributed by atoms with E-state index in [9.17, 15) is 9.90 Å². The second kappa shape index (κ2) is 4.58. The highest BCUT2D eigenvalue weighted by atomic mass is 16.4. The fourth-order valence-electron chi connectivity index (χ4n) is 2.35. The van der Waals surface area contributed by atoms with Crippen LogP contribution in [-0.4, -0.2) is 11.1 Å². The summed E-state index contributed by atoms with van der Waals surface area (Å²) in [6.07, 6.45) is 0. The Hall–Kier alpha value is -2.61. The van der Waals surface area contributed by atoms with Crippen molar-refractivity contribution in [3.05, 3.63) is 72.3 Å². The molecule has 1 aromatic carbocycles. The van der Waals surface area contributed by atoms with E-state index in [1.807, 2.05) is 60.7 Å². The third kappa shape index (κ3) is 1.97. The first kappa shape index (κ1) is 11.5. The molecule has 0 amide bonds. The molecule has 2 aliphatic carbocycles. The van der Waals surface area contributed by atoms with Crippen LogP contribution in [0.1, 0.15) is 10.4 Å². The van der Waals surface area contributed by atoms with E-state index in [-0.39, 0.29) is 0 Å². The Kier molecular flexibility index (Phi) is 2.76. The quantitative estimate of drug-likeness (QED) is 0.739. The molecule has 0 atom stereocenters. The number of carbonyl (C=O) groups is 1. The van der Waals surface area contributed by atoms with Gasteiger partial charge in [0.25, 0.3) is 0 Å². The Morgan fingerprint density at radius 3 is 1.95 bits per heavy atom. The average Bonchev–Trinajstić information content (AvgIpc) is 2.62. The minimum Gasteiger partial charge on any atom is -0.478 e. The van der Waals surface area contributed by atoms with Crippen LogP contribution in [0.25, 0.3) is 22.3 Å². The van der Waals surface area contributed by atoms with Gasteiger partial charge in [0.2, 0.25) is 0 Å². The van der Waals surface area contributed by atoms with Crippen molar-refractivity contribution < 1.29 is 9.90 Å². The van der Waals surface area contributed by atoms with E-state index in [4.69, 9.17) is 0 Å². The third-order valence-electron chi connectivity index (χ3n) is 3.22. The number of carboxylic acid groups (broad SMARTS) is 1. The topological polar surface area (TPSA) is 37.3 Å². The van der Waals surface area contributed by atoms with Gasteiger partial charge in [-0.05, 0) is 28.3 Å².